The molecule has 4 nitrogen and oxygen atoms in total. The van der Waals surface area contributed by atoms with Gasteiger partial charge in [-0.3, -0.25) is 4.79 Å². The fraction of sp³-hybridized carbons (Fsp3) is 0.444. The van der Waals surface area contributed by atoms with Gasteiger partial charge in [0.25, 0.3) is 0 Å². The van der Waals surface area contributed by atoms with Crippen molar-refractivity contribution in [3.05, 3.63) is 40.9 Å². The van der Waals surface area contributed by atoms with Crippen LogP contribution in [0.3, 0.4) is 0 Å². The first-order valence-electron chi connectivity index (χ1n) is 7.84. The molecule has 1 saturated carbocycles. The van der Waals surface area contributed by atoms with Gasteiger partial charge in [0.2, 0.25) is 0 Å². The molecule has 1 fully saturated rings. The van der Waals surface area contributed by atoms with Crippen LogP contribution < -0.4 is 0 Å². The lowest BCUT2D eigenvalue weighted by atomic mass is 9.83. The molecule has 0 radical (unpaired) electrons. The Kier molecular flexibility index (Phi) is 3.89. The molecule has 114 valence electrons. The van der Waals surface area contributed by atoms with Gasteiger partial charge in [0.05, 0.1) is 6.57 Å². The van der Waals surface area contributed by atoms with Crippen molar-refractivity contribution in [2.45, 2.75) is 51.5 Å². The third kappa shape index (κ3) is 2.48. The number of hydrogen-bond acceptors (Lipinski definition) is 1. The lowest BCUT2D eigenvalue weighted by Crippen LogP contribution is -2.11. The molecular weight excluding hydrogens is 276 g/mol. The Morgan fingerprint density at radius 1 is 1.36 bits per heavy atom. The number of aliphatic carboxylic acids is 1. The zero-order chi connectivity index (χ0) is 15.7. The fourth-order valence-electron chi connectivity index (χ4n) is 3.81. The van der Waals surface area contributed by atoms with Crippen molar-refractivity contribution in [2.75, 3.05) is 0 Å². The number of nitrogens with zero attached hydrogens (tertiary/aromatic N) is 2. The number of benzene rings is 1. The Bertz CT molecular complexity index is 761. The van der Waals surface area contributed by atoms with E-state index in [4.69, 9.17) is 6.57 Å². The minimum absolute atomic E-state index is 0.0451. The molecule has 0 spiro atoms. The maximum absolute atomic E-state index is 11.2. The highest BCUT2D eigenvalue weighted by molar-refractivity contribution is 5.90. The minimum atomic E-state index is -0.844. The van der Waals surface area contributed by atoms with Gasteiger partial charge in [0, 0.05) is 16.6 Å². The van der Waals surface area contributed by atoms with E-state index in [0.29, 0.717) is 11.6 Å². The molecule has 1 aromatic carbocycles. The van der Waals surface area contributed by atoms with Gasteiger partial charge in [-0.25, -0.2) is 4.85 Å². The van der Waals surface area contributed by atoms with Crippen molar-refractivity contribution in [1.82, 2.24) is 4.57 Å². The summed E-state index contributed by atoms with van der Waals surface area (Å²) in [5.74, 6) is -0.325. The number of rotatable bonds is 3. The summed E-state index contributed by atoms with van der Waals surface area (Å²) in [6.07, 6.45) is 6.14. The summed E-state index contributed by atoms with van der Waals surface area (Å²) in [5.41, 5.74) is 3.79. The fourth-order valence-corrected chi connectivity index (χ4v) is 3.81. The van der Waals surface area contributed by atoms with Gasteiger partial charge in [-0.1, -0.05) is 31.4 Å². The van der Waals surface area contributed by atoms with Crippen LogP contribution in [0, 0.1) is 13.5 Å². The SMILES string of the molecule is [C-]#[N+]c1ccc2c(C3CCCCC3)c(C)n(CC(=O)O)c2c1. The molecule has 0 saturated heterocycles. The van der Waals surface area contributed by atoms with Gasteiger partial charge < -0.3 is 9.67 Å². The molecule has 0 unspecified atom stereocenters. The molecule has 3 rings (SSSR count). The van der Waals surface area contributed by atoms with Crippen molar-refractivity contribution >= 4 is 22.6 Å². The van der Waals surface area contributed by atoms with Crippen LogP contribution in [0.5, 0.6) is 0 Å². The molecule has 4 heteroatoms. The molecule has 1 aromatic heterocycles. The van der Waals surface area contributed by atoms with Gasteiger partial charge in [0.1, 0.15) is 6.54 Å². The van der Waals surface area contributed by atoms with Gasteiger partial charge in [-0.2, -0.15) is 0 Å². The van der Waals surface area contributed by atoms with Crippen LogP contribution in [0.25, 0.3) is 15.7 Å². The molecule has 1 N–H and O–H groups in total. The Labute approximate surface area is 130 Å². The van der Waals surface area contributed by atoms with Gasteiger partial charge in [-0.05, 0) is 37.3 Å². The van der Waals surface area contributed by atoms with E-state index in [-0.39, 0.29) is 6.54 Å². The molecule has 0 atom stereocenters. The Morgan fingerprint density at radius 2 is 2.09 bits per heavy atom. The summed E-state index contributed by atoms with van der Waals surface area (Å²) in [4.78, 5) is 14.7. The van der Waals surface area contributed by atoms with Crippen molar-refractivity contribution in [1.29, 1.82) is 0 Å². The Balaban J connectivity index is 2.20. The van der Waals surface area contributed by atoms with Gasteiger partial charge in [0.15, 0.2) is 5.69 Å². The van der Waals surface area contributed by atoms with E-state index in [9.17, 15) is 9.90 Å². The molecule has 1 heterocycles. The van der Waals surface area contributed by atoms with Gasteiger partial charge in [-0.15, -0.1) is 0 Å². The largest absolute Gasteiger partial charge is 0.480 e. The number of carboxylic acids is 1. The summed E-state index contributed by atoms with van der Waals surface area (Å²) in [6, 6.07) is 5.66. The monoisotopic (exact) mass is 296 g/mol. The smallest absolute Gasteiger partial charge is 0.323 e. The molecule has 1 aliphatic rings. The Morgan fingerprint density at radius 3 is 2.73 bits per heavy atom. The molecule has 0 bridgehead atoms. The molecule has 0 amide bonds. The van der Waals surface area contributed by atoms with E-state index < -0.39 is 5.97 Å². The summed E-state index contributed by atoms with van der Waals surface area (Å²) in [5, 5.41) is 10.3. The van der Waals surface area contributed by atoms with E-state index in [1.54, 1.807) is 0 Å². The zero-order valence-electron chi connectivity index (χ0n) is 12.8. The van der Waals surface area contributed by atoms with Crippen LogP contribution in [0.15, 0.2) is 18.2 Å². The summed E-state index contributed by atoms with van der Waals surface area (Å²) < 4.78 is 1.86. The molecule has 1 aliphatic carbocycles. The number of hydrogen-bond donors (Lipinski definition) is 1. The molecular formula is C18H20N2O2. The zero-order valence-corrected chi connectivity index (χ0v) is 12.8. The summed E-state index contributed by atoms with van der Waals surface area (Å²) >= 11 is 0. The van der Waals surface area contributed by atoms with E-state index in [0.717, 1.165) is 16.6 Å². The molecule has 0 aliphatic heterocycles. The lowest BCUT2D eigenvalue weighted by Gasteiger charge is -2.22. The first-order chi connectivity index (χ1) is 10.6. The Hall–Kier alpha value is -2.28. The van der Waals surface area contributed by atoms with Crippen molar-refractivity contribution < 1.29 is 9.90 Å². The summed E-state index contributed by atoms with van der Waals surface area (Å²) in [7, 11) is 0. The topological polar surface area (TPSA) is 46.6 Å². The average molecular weight is 296 g/mol. The van der Waals surface area contributed by atoms with Crippen molar-refractivity contribution in [3.8, 4) is 0 Å². The van der Waals surface area contributed by atoms with Crippen molar-refractivity contribution in [3.63, 3.8) is 0 Å². The van der Waals surface area contributed by atoms with Crippen LogP contribution in [0.4, 0.5) is 5.69 Å². The van der Waals surface area contributed by atoms with Gasteiger partial charge >= 0.3 is 5.97 Å². The standard InChI is InChI=1S/C18H20N2O2/c1-12-18(13-6-4-3-5-7-13)15-9-8-14(19-2)10-16(15)20(12)11-17(21)22/h8-10,13H,3-7,11H2,1H3,(H,21,22). The average Bonchev–Trinajstić information content (AvgIpc) is 2.79. The molecule has 2 aromatic rings. The first-order valence-corrected chi connectivity index (χ1v) is 7.84. The van der Waals surface area contributed by atoms with Crippen LogP contribution >= 0.6 is 0 Å². The van der Waals surface area contributed by atoms with Crippen LogP contribution in [0.2, 0.25) is 0 Å². The number of carboxylic acid groups (broad SMARTS) is 1. The number of carbonyl (C=O) groups is 1. The van der Waals surface area contributed by atoms with Crippen molar-refractivity contribution in [2.24, 2.45) is 0 Å². The highest BCUT2D eigenvalue weighted by Crippen LogP contribution is 2.40. The number of aromatic nitrogens is 1. The van der Waals surface area contributed by atoms with Crippen LogP contribution in [-0.2, 0) is 11.3 Å². The van der Waals surface area contributed by atoms with E-state index in [1.165, 1.54) is 37.7 Å². The lowest BCUT2D eigenvalue weighted by molar-refractivity contribution is -0.137. The van der Waals surface area contributed by atoms with E-state index in [1.807, 2.05) is 29.7 Å². The normalized spacial score (nSPS) is 15.8. The predicted octanol–water partition coefficient (Wildman–Crippen LogP) is 4.63. The maximum Gasteiger partial charge on any atom is 0.323 e. The third-order valence-electron chi connectivity index (χ3n) is 4.79. The second-order valence-electron chi connectivity index (χ2n) is 6.13. The second kappa shape index (κ2) is 5.84. The minimum Gasteiger partial charge on any atom is -0.480 e. The predicted molar refractivity (Wildman–Crippen MR) is 86.4 cm³/mol. The third-order valence-corrected chi connectivity index (χ3v) is 4.79. The first kappa shape index (κ1) is 14.6. The highest BCUT2D eigenvalue weighted by Gasteiger charge is 2.24. The summed E-state index contributed by atoms with van der Waals surface area (Å²) in [6.45, 7) is 9.16. The number of fused-ring (bicyclic) bond motifs is 1. The van der Waals surface area contributed by atoms with E-state index in [2.05, 4.69) is 4.85 Å². The second-order valence-corrected chi connectivity index (χ2v) is 6.13. The molecule has 22 heavy (non-hydrogen) atoms. The maximum atomic E-state index is 11.2. The van der Waals surface area contributed by atoms with E-state index >= 15 is 0 Å². The van der Waals surface area contributed by atoms with Crippen LogP contribution in [-0.4, -0.2) is 15.6 Å². The van der Waals surface area contributed by atoms with Crippen LogP contribution in [0.1, 0.15) is 49.3 Å². The highest BCUT2D eigenvalue weighted by atomic mass is 16.4. The quantitative estimate of drug-likeness (QED) is 0.839.